The average Bonchev–Trinajstić information content (AvgIpc) is 2.97. The lowest BCUT2D eigenvalue weighted by Crippen LogP contribution is -2.31. The van der Waals surface area contributed by atoms with Crippen molar-refractivity contribution < 1.29 is 4.79 Å². The molecule has 2 rings (SSSR count). The molecular formula is C14H20N2O. The van der Waals surface area contributed by atoms with E-state index in [1.54, 1.807) is 0 Å². The monoisotopic (exact) mass is 232 g/mol. The Labute approximate surface area is 102 Å². The zero-order valence-corrected chi connectivity index (χ0v) is 10.5. The predicted molar refractivity (Wildman–Crippen MR) is 68.5 cm³/mol. The Morgan fingerprint density at radius 1 is 1.35 bits per heavy atom. The van der Waals surface area contributed by atoms with Gasteiger partial charge in [0.1, 0.15) is 0 Å². The molecule has 0 radical (unpaired) electrons. The fraction of sp³-hybridized carbons (Fsp3) is 0.500. The number of amides is 1. The topological polar surface area (TPSA) is 55.1 Å². The molecular weight excluding hydrogens is 212 g/mol. The third kappa shape index (κ3) is 3.07. The standard InChI is InChI=1S/C14H20N2O/c1-10(2)16-13(17)9-11-3-5-12(6-4-11)14(15)7-8-14/h3-6,10H,7-9,15H2,1-2H3,(H,16,17). The van der Waals surface area contributed by atoms with Crippen LogP contribution in [0.2, 0.25) is 0 Å². The lowest BCUT2D eigenvalue weighted by molar-refractivity contribution is -0.120. The van der Waals surface area contributed by atoms with E-state index in [-0.39, 0.29) is 17.5 Å². The first-order chi connectivity index (χ1) is 7.99. The summed E-state index contributed by atoms with van der Waals surface area (Å²) in [6.45, 7) is 3.93. The van der Waals surface area contributed by atoms with Crippen molar-refractivity contribution in [1.29, 1.82) is 0 Å². The zero-order valence-electron chi connectivity index (χ0n) is 10.5. The number of rotatable bonds is 4. The van der Waals surface area contributed by atoms with Crippen molar-refractivity contribution in [3.63, 3.8) is 0 Å². The van der Waals surface area contributed by atoms with Crippen LogP contribution in [0.15, 0.2) is 24.3 Å². The second kappa shape index (κ2) is 4.49. The molecule has 1 aliphatic carbocycles. The molecule has 0 heterocycles. The highest BCUT2D eigenvalue weighted by Gasteiger charge is 2.39. The van der Waals surface area contributed by atoms with Gasteiger partial charge in [-0.3, -0.25) is 4.79 Å². The Morgan fingerprint density at radius 2 is 1.94 bits per heavy atom. The smallest absolute Gasteiger partial charge is 0.224 e. The highest BCUT2D eigenvalue weighted by molar-refractivity contribution is 5.78. The molecule has 1 amide bonds. The molecule has 1 fully saturated rings. The Balaban J connectivity index is 1.96. The van der Waals surface area contributed by atoms with E-state index < -0.39 is 0 Å². The number of nitrogens with one attached hydrogen (secondary N) is 1. The van der Waals surface area contributed by atoms with Crippen LogP contribution < -0.4 is 11.1 Å². The molecule has 1 aromatic carbocycles. The molecule has 92 valence electrons. The van der Waals surface area contributed by atoms with Crippen LogP contribution in [0.25, 0.3) is 0 Å². The summed E-state index contributed by atoms with van der Waals surface area (Å²) < 4.78 is 0. The SMILES string of the molecule is CC(C)NC(=O)Cc1ccc(C2(N)CC2)cc1. The fourth-order valence-corrected chi connectivity index (χ4v) is 1.94. The largest absolute Gasteiger partial charge is 0.354 e. The van der Waals surface area contributed by atoms with Crippen LogP contribution in [0.5, 0.6) is 0 Å². The van der Waals surface area contributed by atoms with Gasteiger partial charge in [0.05, 0.1) is 6.42 Å². The van der Waals surface area contributed by atoms with Crippen LogP contribution in [0.3, 0.4) is 0 Å². The number of hydrogen-bond donors (Lipinski definition) is 2. The second-order valence-corrected chi connectivity index (χ2v) is 5.25. The molecule has 0 bridgehead atoms. The quantitative estimate of drug-likeness (QED) is 0.830. The lowest BCUT2D eigenvalue weighted by Gasteiger charge is -2.11. The molecule has 3 nitrogen and oxygen atoms in total. The number of nitrogens with two attached hydrogens (primary N) is 1. The van der Waals surface area contributed by atoms with Crippen molar-refractivity contribution in [3.05, 3.63) is 35.4 Å². The fourth-order valence-electron chi connectivity index (χ4n) is 1.94. The zero-order chi connectivity index (χ0) is 12.5. The molecule has 0 saturated heterocycles. The van der Waals surface area contributed by atoms with Crippen molar-refractivity contribution in [2.45, 2.75) is 44.7 Å². The minimum absolute atomic E-state index is 0.0710. The summed E-state index contributed by atoms with van der Waals surface area (Å²) in [6.07, 6.45) is 2.58. The van der Waals surface area contributed by atoms with Gasteiger partial charge in [-0.05, 0) is 37.8 Å². The molecule has 1 aromatic rings. The van der Waals surface area contributed by atoms with E-state index >= 15 is 0 Å². The summed E-state index contributed by atoms with van der Waals surface area (Å²) in [4.78, 5) is 11.6. The maximum Gasteiger partial charge on any atom is 0.224 e. The molecule has 3 heteroatoms. The Hall–Kier alpha value is -1.35. The minimum atomic E-state index is -0.0846. The summed E-state index contributed by atoms with van der Waals surface area (Å²) in [7, 11) is 0. The number of carbonyl (C=O) groups excluding carboxylic acids is 1. The van der Waals surface area contributed by atoms with Gasteiger partial charge in [-0.25, -0.2) is 0 Å². The van der Waals surface area contributed by atoms with Crippen molar-refractivity contribution in [1.82, 2.24) is 5.32 Å². The lowest BCUT2D eigenvalue weighted by atomic mass is 10.0. The van der Waals surface area contributed by atoms with Crippen LogP contribution in [0.4, 0.5) is 0 Å². The van der Waals surface area contributed by atoms with Crippen LogP contribution in [0, 0.1) is 0 Å². The first-order valence-electron chi connectivity index (χ1n) is 6.17. The van der Waals surface area contributed by atoms with E-state index in [9.17, 15) is 4.79 Å². The molecule has 1 aliphatic rings. The maximum absolute atomic E-state index is 11.6. The molecule has 0 aliphatic heterocycles. The van der Waals surface area contributed by atoms with Crippen molar-refractivity contribution in [3.8, 4) is 0 Å². The Bertz CT molecular complexity index is 405. The highest BCUT2D eigenvalue weighted by atomic mass is 16.1. The summed E-state index contributed by atoms with van der Waals surface area (Å²) in [5.41, 5.74) is 8.24. The Morgan fingerprint density at radius 3 is 2.41 bits per heavy atom. The number of benzene rings is 1. The van der Waals surface area contributed by atoms with Gasteiger partial charge in [0.15, 0.2) is 0 Å². The van der Waals surface area contributed by atoms with Crippen LogP contribution in [-0.4, -0.2) is 11.9 Å². The van der Waals surface area contributed by atoms with Gasteiger partial charge >= 0.3 is 0 Å². The molecule has 3 N–H and O–H groups in total. The normalized spacial score (nSPS) is 16.9. The summed E-state index contributed by atoms with van der Waals surface area (Å²) in [5, 5.41) is 2.88. The predicted octanol–water partition coefficient (Wildman–Crippen LogP) is 1.70. The van der Waals surface area contributed by atoms with Gasteiger partial charge in [0.2, 0.25) is 5.91 Å². The summed E-state index contributed by atoms with van der Waals surface area (Å²) in [5.74, 6) is 0.0710. The van der Waals surface area contributed by atoms with Gasteiger partial charge in [-0.1, -0.05) is 24.3 Å². The summed E-state index contributed by atoms with van der Waals surface area (Å²) >= 11 is 0. The third-order valence-electron chi connectivity index (χ3n) is 3.13. The molecule has 0 atom stereocenters. The second-order valence-electron chi connectivity index (χ2n) is 5.25. The van der Waals surface area contributed by atoms with Crippen molar-refractivity contribution in [2.75, 3.05) is 0 Å². The molecule has 0 unspecified atom stereocenters. The molecule has 17 heavy (non-hydrogen) atoms. The van der Waals surface area contributed by atoms with E-state index in [0.29, 0.717) is 6.42 Å². The first kappa shape index (κ1) is 12.1. The van der Waals surface area contributed by atoms with Crippen LogP contribution in [0.1, 0.15) is 37.8 Å². The molecule has 0 spiro atoms. The average molecular weight is 232 g/mol. The van der Waals surface area contributed by atoms with E-state index in [2.05, 4.69) is 5.32 Å². The third-order valence-corrected chi connectivity index (χ3v) is 3.13. The minimum Gasteiger partial charge on any atom is -0.354 e. The van der Waals surface area contributed by atoms with Gasteiger partial charge in [0.25, 0.3) is 0 Å². The van der Waals surface area contributed by atoms with E-state index in [1.165, 1.54) is 5.56 Å². The first-order valence-corrected chi connectivity index (χ1v) is 6.17. The number of carbonyl (C=O) groups is 1. The van der Waals surface area contributed by atoms with Crippen LogP contribution >= 0.6 is 0 Å². The Kier molecular flexibility index (Phi) is 3.20. The van der Waals surface area contributed by atoms with E-state index in [1.807, 2.05) is 38.1 Å². The van der Waals surface area contributed by atoms with E-state index in [4.69, 9.17) is 5.73 Å². The summed E-state index contributed by atoms with van der Waals surface area (Å²) in [6, 6.07) is 8.29. The molecule has 0 aromatic heterocycles. The number of hydrogen-bond acceptors (Lipinski definition) is 2. The van der Waals surface area contributed by atoms with Gasteiger partial charge in [-0.2, -0.15) is 0 Å². The van der Waals surface area contributed by atoms with Gasteiger partial charge < -0.3 is 11.1 Å². The van der Waals surface area contributed by atoms with Crippen molar-refractivity contribution >= 4 is 5.91 Å². The van der Waals surface area contributed by atoms with Gasteiger partial charge in [-0.15, -0.1) is 0 Å². The molecule has 1 saturated carbocycles. The van der Waals surface area contributed by atoms with Gasteiger partial charge in [0, 0.05) is 11.6 Å². The highest BCUT2D eigenvalue weighted by Crippen LogP contribution is 2.42. The van der Waals surface area contributed by atoms with E-state index in [0.717, 1.165) is 18.4 Å². The van der Waals surface area contributed by atoms with Crippen LogP contribution in [-0.2, 0) is 16.8 Å². The maximum atomic E-state index is 11.6. The van der Waals surface area contributed by atoms with Crippen molar-refractivity contribution in [2.24, 2.45) is 5.73 Å².